The van der Waals surface area contributed by atoms with Gasteiger partial charge in [0.15, 0.2) is 0 Å². The summed E-state index contributed by atoms with van der Waals surface area (Å²) in [6, 6.07) is 0. The molecule has 0 bridgehead atoms. The maximum atomic E-state index is 2.41. The predicted molar refractivity (Wildman–Crippen MR) is 34.7 cm³/mol. The zero-order valence-electron chi connectivity index (χ0n) is 5.41. The summed E-state index contributed by atoms with van der Waals surface area (Å²) in [5.41, 5.74) is 2.44. The zero-order valence-corrected chi connectivity index (χ0v) is 5.41. The van der Waals surface area contributed by atoms with Crippen molar-refractivity contribution in [1.82, 2.24) is 0 Å². The van der Waals surface area contributed by atoms with Crippen molar-refractivity contribution in [2.75, 3.05) is 0 Å². The van der Waals surface area contributed by atoms with Crippen LogP contribution >= 0.6 is 0 Å². The quantitative estimate of drug-likeness (QED) is 0.418. The minimum absolute atomic E-state index is 0.764. The van der Waals surface area contributed by atoms with Gasteiger partial charge in [-0.2, -0.15) is 0 Å². The molecule has 1 saturated carbocycles. The second kappa shape index (κ2) is 1.18. The van der Waals surface area contributed by atoms with Gasteiger partial charge in [0, 0.05) is 0 Å². The number of hydrogen-bond donors (Lipinski definition) is 0. The van der Waals surface area contributed by atoms with Gasteiger partial charge in [-0.15, -0.1) is 0 Å². The van der Waals surface area contributed by atoms with Crippen molar-refractivity contribution < 1.29 is 0 Å². The summed E-state index contributed by atoms with van der Waals surface area (Å²) in [6.45, 7) is 2.29. The minimum Gasteiger partial charge on any atom is -0.0850 e. The van der Waals surface area contributed by atoms with Crippen molar-refractivity contribution in [3.8, 4) is 0 Å². The monoisotopic (exact) mass is 108 g/mol. The smallest absolute Gasteiger partial charge is 0.00873 e. The summed E-state index contributed by atoms with van der Waals surface area (Å²) >= 11 is 0. The Morgan fingerprint density at radius 2 is 2.12 bits per heavy atom. The van der Waals surface area contributed by atoms with Gasteiger partial charge in [-0.1, -0.05) is 11.6 Å². The van der Waals surface area contributed by atoms with Crippen molar-refractivity contribution in [1.29, 1.82) is 0 Å². The van der Waals surface area contributed by atoms with E-state index in [2.05, 4.69) is 13.0 Å². The van der Waals surface area contributed by atoms with E-state index in [1.807, 2.05) is 0 Å². The van der Waals surface area contributed by atoms with Crippen LogP contribution in [0.4, 0.5) is 0 Å². The molecule has 0 N–H and O–H groups in total. The molecule has 8 heavy (non-hydrogen) atoms. The molecular formula is C8H12. The highest BCUT2D eigenvalue weighted by Crippen LogP contribution is 2.58. The first-order valence-corrected chi connectivity index (χ1v) is 3.51. The maximum absolute atomic E-state index is 2.41. The Morgan fingerprint density at radius 1 is 1.38 bits per heavy atom. The number of allylic oxidation sites excluding steroid dienone is 2. The van der Waals surface area contributed by atoms with Crippen molar-refractivity contribution in [3.05, 3.63) is 11.6 Å². The summed E-state index contributed by atoms with van der Waals surface area (Å²) < 4.78 is 0. The molecule has 0 heteroatoms. The van der Waals surface area contributed by atoms with E-state index in [0.717, 1.165) is 5.41 Å². The average Bonchev–Trinajstić information content (AvgIpc) is 2.39. The highest BCUT2D eigenvalue weighted by Gasteiger charge is 2.45. The Morgan fingerprint density at radius 3 is 2.38 bits per heavy atom. The average molecular weight is 108 g/mol. The topological polar surface area (TPSA) is 0 Å². The molecule has 0 aromatic rings. The molecule has 2 rings (SSSR count). The Kier molecular flexibility index (Phi) is 0.677. The summed E-state index contributed by atoms with van der Waals surface area (Å²) in [4.78, 5) is 0. The number of hydrogen-bond acceptors (Lipinski definition) is 0. The van der Waals surface area contributed by atoms with Gasteiger partial charge in [0.1, 0.15) is 0 Å². The maximum Gasteiger partial charge on any atom is -0.00873 e. The van der Waals surface area contributed by atoms with Gasteiger partial charge in [-0.3, -0.25) is 0 Å². The van der Waals surface area contributed by atoms with E-state index < -0.39 is 0 Å². The third kappa shape index (κ3) is 0.410. The molecular weight excluding hydrogens is 96.1 g/mol. The van der Waals surface area contributed by atoms with E-state index in [9.17, 15) is 0 Å². The molecule has 1 spiro atoms. The molecule has 0 nitrogen and oxygen atoms in total. The fourth-order valence-corrected chi connectivity index (χ4v) is 1.77. The molecule has 1 fully saturated rings. The van der Waals surface area contributed by atoms with Crippen LogP contribution in [0.15, 0.2) is 11.6 Å². The van der Waals surface area contributed by atoms with E-state index in [1.54, 1.807) is 5.57 Å². The Balaban J connectivity index is 2.27. The van der Waals surface area contributed by atoms with Crippen LogP contribution in [0, 0.1) is 5.41 Å². The lowest BCUT2D eigenvalue weighted by Gasteiger charge is -2.04. The minimum atomic E-state index is 0.764. The molecule has 44 valence electrons. The zero-order chi connectivity index (χ0) is 5.61. The first kappa shape index (κ1) is 4.60. The van der Waals surface area contributed by atoms with Crippen LogP contribution in [0.2, 0.25) is 0 Å². The van der Waals surface area contributed by atoms with Crippen LogP contribution in [0.1, 0.15) is 32.6 Å². The normalized spacial score (nSPS) is 30.9. The fraction of sp³-hybridized carbons (Fsp3) is 0.750. The molecule has 0 aromatic heterocycles. The third-order valence-electron chi connectivity index (χ3n) is 2.76. The van der Waals surface area contributed by atoms with Crippen LogP contribution in [0.5, 0.6) is 0 Å². The van der Waals surface area contributed by atoms with E-state index in [4.69, 9.17) is 0 Å². The van der Waals surface area contributed by atoms with Crippen LogP contribution in [-0.2, 0) is 0 Å². The number of rotatable bonds is 0. The van der Waals surface area contributed by atoms with Crippen LogP contribution in [-0.4, -0.2) is 0 Å². The van der Waals surface area contributed by atoms with Crippen molar-refractivity contribution in [2.45, 2.75) is 32.6 Å². The van der Waals surface area contributed by atoms with Gasteiger partial charge in [-0.25, -0.2) is 0 Å². The lowest BCUT2D eigenvalue weighted by molar-refractivity contribution is 0.599. The van der Waals surface area contributed by atoms with Gasteiger partial charge in [0.2, 0.25) is 0 Å². The molecule has 0 aliphatic heterocycles. The molecule has 0 atom stereocenters. The molecule has 0 aromatic carbocycles. The van der Waals surface area contributed by atoms with Gasteiger partial charge in [0.05, 0.1) is 0 Å². The first-order chi connectivity index (χ1) is 3.83. The standard InChI is InChI=1S/C8H12/c1-7-3-2-4-8(7)5-6-8/h3H,2,4-6H2,1H3. The van der Waals surface area contributed by atoms with Crippen molar-refractivity contribution in [3.63, 3.8) is 0 Å². The molecule has 0 radical (unpaired) electrons. The van der Waals surface area contributed by atoms with E-state index in [-0.39, 0.29) is 0 Å². The van der Waals surface area contributed by atoms with Crippen molar-refractivity contribution in [2.24, 2.45) is 5.41 Å². The van der Waals surface area contributed by atoms with E-state index in [0.29, 0.717) is 0 Å². The second-order valence-corrected chi connectivity index (χ2v) is 3.21. The van der Waals surface area contributed by atoms with E-state index >= 15 is 0 Å². The van der Waals surface area contributed by atoms with Crippen LogP contribution < -0.4 is 0 Å². The Hall–Kier alpha value is -0.260. The molecule has 0 unspecified atom stereocenters. The molecule has 0 heterocycles. The lowest BCUT2D eigenvalue weighted by Crippen LogP contribution is -1.92. The van der Waals surface area contributed by atoms with Gasteiger partial charge in [0.25, 0.3) is 0 Å². The second-order valence-electron chi connectivity index (χ2n) is 3.21. The lowest BCUT2D eigenvalue weighted by atomic mass is 10.0. The van der Waals surface area contributed by atoms with E-state index in [1.165, 1.54) is 25.7 Å². The predicted octanol–water partition coefficient (Wildman–Crippen LogP) is 2.51. The summed E-state index contributed by atoms with van der Waals surface area (Å²) in [5, 5.41) is 0. The summed E-state index contributed by atoms with van der Waals surface area (Å²) in [5.74, 6) is 0. The molecule has 2 aliphatic rings. The molecule has 2 aliphatic carbocycles. The van der Waals surface area contributed by atoms with Crippen LogP contribution in [0.25, 0.3) is 0 Å². The Labute approximate surface area is 50.6 Å². The molecule has 0 saturated heterocycles. The van der Waals surface area contributed by atoms with Crippen LogP contribution in [0.3, 0.4) is 0 Å². The highest BCUT2D eigenvalue weighted by atomic mass is 14.5. The van der Waals surface area contributed by atoms with Gasteiger partial charge >= 0.3 is 0 Å². The largest absolute Gasteiger partial charge is 0.0850 e. The fourth-order valence-electron chi connectivity index (χ4n) is 1.77. The van der Waals surface area contributed by atoms with Crippen molar-refractivity contribution >= 4 is 0 Å². The SMILES string of the molecule is CC1=CCCC12CC2. The molecule has 0 amide bonds. The highest BCUT2D eigenvalue weighted by molar-refractivity contribution is 5.24. The first-order valence-electron chi connectivity index (χ1n) is 3.51. The summed E-state index contributed by atoms with van der Waals surface area (Å²) in [6.07, 6.45) is 8.18. The third-order valence-corrected chi connectivity index (χ3v) is 2.76. The summed E-state index contributed by atoms with van der Waals surface area (Å²) in [7, 11) is 0. The Bertz CT molecular complexity index is 138. The van der Waals surface area contributed by atoms with Gasteiger partial charge < -0.3 is 0 Å². The van der Waals surface area contributed by atoms with Gasteiger partial charge in [-0.05, 0) is 38.0 Å².